The van der Waals surface area contributed by atoms with Crippen molar-refractivity contribution in [2.24, 2.45) is 0 Å². The van der Waals surface area contributed by atoms with E-state index in [9.17, 15) is 4.79 Å². The van der Waals surface area contributed by atoms with Crippen LogP contribution in [0.3, 0.4) is 0 Å². The Morgan fingerprint density at radius 1 is 1.64 bits per heavy atom. The Kier molecular flexibility index (Phi) is 2.93. The lowest BCUT2D eigenvalue weighted by Gasteiger charge is -2.13. The minimum atomic E-state index is 0.182. The third-order valence-electron chi connectivity index (χ3n) is 2.26. The summed E-state index contributed by atoms with van der Waals surface area (Å²) < 4.78 is 0. The second-order valence-electron chi connectivity index (χ2n) is 3.12. The summed E-state index contributed by atoms with van der Waals surface area (Å²) in [4.78, 5) is 11.1. The summed E-state index contributed by atoms with van der Waals surface area (Å²) in [7, 11) is 0. The second-order valence-corrected chi connectivity index (χ2v) is 3.91. The molecule has 1 fully saturated rings. The van der Waals surface area contributed by atoms with Crippen LogP contribution >= 0.6 is 15.9 Å². The average Bonchev–Trinajstić information content (AvgIpc) is 2.70. The Morgan fingerprint density at radius 3 is 2.64 bits per heavy atom. The van der Waals surface area contributed by atoms with Crippen molar-refractivity contribution in [1.29, 1.82) is 0 Å². The molecule has 1 aliphatic rings. The highest BCUT2D eigenvalue weighted by atomic mass is 79.9. The first-order valence-electron chi connectivity index (χ1n) is 4.09. The Labute approximate surface area is 75.9 Å². The van der Waals surface area contributed by atoms with Crippen LogP contribution in [0.5, 0.6) is 0 Å². The summed E-state index contributed by atoms with van der Waals surface area (Å²) >= 11 is 3.24. The van der Waals surface area contributed by atoms with Gasteiger partial charge in [-0.1, -0.05) is 22.9 Å². The van der Waals surface area contributed by atoms with Crippen LogP contribution in [-0.4, -0.2) is 16.8 Å². The molecule has 0 heterocycles. The number of hydrogen-bond donors (Lipinski definition) is 1. The Bertz CT molecular complexity index is 154. The topological polar surface area (TPSA) is 29.1 Å². The Balaban J connectivity index is 2.24. The van der Waals surface area contributed by atoms with E-state index >= 15 is 0 Å². The molecule has 3 heteroatoms. The molecule has 0 aliphatic heterocycles. The molecular formula is C8H14BrNO. The van der Waals surface area contributed by atoms with Crippen LogP contribution in [0.15, 0.2) is 0 Å². The number of halogens is 1. The van der Waals surface area contributed by atoms with Crippen molar-refractivity contribution in [3.63, 3.8) is 0 Å². The van der Waals surface area contributed by atoms with Gasteiger partial charge in [-0.25, -0.2) is 0 Å². The number of alkyl halides is 1. The molecule has 1 aliphatic carbocycles. The second kappa shape index (κ2) is 3.57. The summed E-state index contributed by atoms with van der Waals surface area (Å²) in [6.45, 7) is 2.13. The smallest absolute Gasteiger partial charge is 0.221 e. The largest absolute Gasteiger partial charge is 0.351 e. The molecule has 0 radical (unpaired) electrons. The first kappa shape index (κ1) is 9.04. The molecule has 64 valence electrons. The predicted octanol–water partition coefficient (Wildman–Crippen LogP) is 1.83. The Morgan fingerprint density at radius 2 is 2.27 bits per heavy atom. The van der Waals surface area contributed by atoms with Gasteiger partial charge in [0.1, 0.15) is 0 Å². The molecule has 0 saturated heterocycles. The van der Waals surface area contributed by atoms with Crippen LogP contribution in [0.1, 0.15) is 32.6 Å². The first-order valence-corrected chi connectivity index (χ1v) is 5.21. The molecule has 11 heavy (non-hydrogen) atoms. The fourth-order valence-electron chi connectivity index (χ4n) is 1.16. The van der Waals surface area contributed by atoms with Gasteiger partial charge in [0.25, 0.3) is 0 Å². The summed E-state index contributed by atoms with van der Waals surface area (Å²) in [5.74, 6) is 0.182. The maximum absolute atomic E-state index is 11.1. The fourth-order valence-corrected chi connectivity index (χ4v) is 1.52. The number of carbonyl (C=O) groups excluding carboxylic acids is 1. The first-order chi connectivity index (χ1) is 5.22. The Hall–Kier alpha value is -0.0500. The van der Waals surface area contributed by atoms with Crippen LogP contribution < -0.4 is 5.32 Å². The molecule has 1 N–H and O–H groups in total. The van der Waals surface area contributed by atoms with Crippen LogP contribution in [0, 0.1) is 0 Å². The van der Waals surface area contributed by atoms with E-state index in [1.165, 1.54) is 0 Å². The number of rotatable bonds is 4. The lowest BCUT2D eigenvalue weighted by Crippen LogP contribution is -2.36. The lowest BCUT2D eigenvalue weighted by atomic mass is 10.2. The summed E-state index contributed by atoms with van der Waals surface area (Å²) in [5.41, 5.74) is 0.194. The van der Waals surface area contributed by atoms with Gasteiger partial charge in [-0.15, -0.1) is 0 Å². The van der Waals surface area contributed by atoms with Crippen molar-refractivity contribution in [3.8, 4) is 0 Å². The number of nitrogens with one attached hydrogen (secondary N) is 1. The van der Waals surface area contributed by atoms with Gasteiger partial charge in [0.2, 0.25) is 5.91 Å². The molecule has 1 rings (SSSR count). The van der Waals surface area contributed by atoms with Crippen molar-refractivity contribution in [2.75, 3.05) is 5.33 Å². The van der Waals surface area contributed by atoms with Gasteiger partial charge in [0.15, 0.2) is 0 Å². The third-order valence-corrected chi connectivity index (χ3v) is 2.65. The summed E-state index contributed by atoms with van der Waals surface area (Å²) in [5, 5.41) is 3.81. The van der Waals surface area contributed by atoms with E-state index in [-0.39, 0.29) is 11.4 Å². The van der Waals surface area contributed by atoms with Crippen LogP contribution in [-0.2, 0) is 4.79 Å². The van der Waals surface area contributed by atoms with Crippen molar-refractivity contribution in [3.05, 3.63) is 0 Å². The summed E-state index contributed by atoms with van der Waals surface area (Å²) in [6.07, 6.45) is 4.00. The predicted molar refractivity (Wildman–Crippen MR) is 48.8 cm³/mol. The zero-order chi connectivity index (χ0) is 8.32. The number of hydrogen-bond acceptors (Lipinski definition) is 1. The molecule has 0 atom stereocenters. The van der Waals surface area contributed by atoms with Crippen molar-refractivity contribution < 1.29 is 4.79 Å². The zero-order valence-electron chi connectivity index (χ0n) is 6.82. The molecule has 1 saturated carbocycles. The normalized spacial score (nSPS) is 19.5. The minimum absolute atomic E-state index is 0.182. The van der Waals surface area contributed by atoms with Gasteiger partial charge in [-0.2, -0.15) is 0 Å². The van der Waals surface area contributed by atoms with Crippen LogP contribution in [0.25, 0.3) is 0 Å². The lowest BCUT2D eigenvalue weighted by molar-refractivity contribution is -0.121. The van der Waals surface area contributed by atoms with Crippen LogP contribution in [0.2, 0.25) is 0 Å². The molecule has 0 aromatic rings. The van der Waals surface area contributed by atoms with Crippen molar-refractivity contribution >= 4 is 21.8 Å². The van der Waals surface area contributed by atoms with E-state index < -0.39 is 0 Å². The maximum atomic E-state index is 11.1. The fraction of sp³-hybridized carbons (Fsp3) is 0.875. The van der Waals surface area contributed by atoms with E-state index in [1.807, 2.05) is 0 Å². The highest BCUT2D eigenvalue weighted by molar-refractivity contribution is 9.09. The minimum Gasteiger partial charge on any atom is -0.351 e. The van der Waals surface area contributed by atoms with Gasteiger partial charge in [0, 0.05) is 17.3 Å². The highest BCUT2D eigenvalue weighted by Gasteiger charge is 2.41. The number of carbonyl (C=O) groups is 1. The van der Waals surface area contributed by atoms with Crippen molar-refractivity contribution in [2.45, 2.75) is 38.1 Å². The SMILES string of the molecule is CCC1(NC(=O)CCBr)CC1. The average molecular weight is 220 g/mol. The molecule has 0 bridgehead atoms. The third kappa shape index (κ3) is 2.47. The van der Waals surface area contributed by atoms with Crippen LogP contribution in [0.4, 0.5) is 0 Å². The van der Waals surface area contributed by atoms with Gasteiger partial charge in [-0.3, -0.25) is 4.79 Å². The molecular weight excluding hydrogens is 206 g/mol. The number of amides is 1. The molecule has 0 aromatic carbocycles. The molecule has 2 nitrogen and oxygen atoms in total. The van der Waals surface area contributed by atoms with E-state index in [0.717, 1.165) is 24.6 Å². The van der Waals surface area contributed by atoms with E-state index in [2.05, 4.69) is 28.2 Å². The molecule has 0 spiro atoms. The highest BCUT2D eigenvalue weighted by Crippen LogP contribution is 2.38. The standard InChI is InChI=1S/C8H14BrNO/c1-2-8(4-5-8)10-7(11)3-6-9/h2-6H2,1H3,(H,10,11). The van der Waals surface area contributed by atoms with Gasteiger partial charge in [0.05, 0.1) is 0 Å². The van der Waals surface area contributed by atoms with Gasteiger partial charge in [-0.05, 0) is 19.3 Å². The van der Waals surface area contributed by atoms with Gasteiger partial charge >= 0.3 is 0 Å². The maximum Gasteiger partial charge on any atom is 0.221 e. The van der Waals surface area contributed by atoms with Crippen molar-refractivity contribution in [1.82, 2.24) is 5.32 Å². The van der Waals surface area contributed by atoms with E-state index in [4.69, 9.17) is 0 Å². The van der Waals surface area contributed by atoms with Gasteiger partial charge < -0.3 is 5.32 Å². The summed E-state index contributed by atoms with van der Waals surface area (Å²) in [6, 6.07) is 0. The molecule has 1 amide bonds. The quantitative estimate of drug-likeness (QED) is 0.719. The molecule has 0 unspecified atom stereocenters. The van der Waals surface area contributed by atoms with E-state index in [1.54, 1.807) is 0 Å². The zero-order valence-corrected chi connectivity index (χ0v) is 8.41. The van der Waals surface area contributed by atoms with E-state index in [0.29, 0.717) is 6.42 Å². The monoisotopic (exact) mass is 219 g/mol. The molecule has 0 aromatic heterocycles.